The first kappa shape index (κ1) is 8.18. The van der Waals surface area contributed by atoms with Crippen LogP contribution in [0.3, 0.4) is 0 Å². The summed E-state index contributed by atoms with van der Waals surface area (Å²) in [6.45, 7) is 0. The summed E-state index contributed by atoms with van der Waals surface area (Å²) in [5, 5.41) is 20.1. The third-order valence-corrected chi connectivity index (χ3v) is 3.94. The van der Waals surface area contributed by atoms with E-state index in [1.807, 2.05) is 0 Å². The zero-order valence-corrected chi connectivity index (χ0v) is 7.59. The van der Waals surface area contributed by atoms with Gasteiger partial charge in [0.25, 0.3) is 0 Å². The maximum Gasteiger partial charge on any atom is 0.116 e. The van der Waals surface area contributed by atoms with Crippen LogP contribution >= 0.6 is 0 Å². The van der Waals surface area contributed by atoms with Gasteiger partial charge in [0, 0.05) is 19.3 Å². The molecule has 4 fully saturated rings. The van der Waals surface area contributed by atoms with Crippen molar-refractivity contribution in [2.45, 2.75) is 55.4 Å². The molecule has 13 heavy (non-hydrogen) atoms. The fourth-order valence-corrected chi connectivity index (χ4v) is 4.22. The normalized spacial score (nSPS) is 64.4. The zero-order chi connectivity index (χ0) is 9.32. The number of aliphatic hydroxyl groups is 2. The van der Waals surface area contributed by atoms with Crippen molar-refractivity contribution in [3.8, 4) is 0 Å². The van der Waals surface area contributed by atoms with Gasteiger partial charge < -0.3 is 10.2 Å². The minimum atomic E-state index is -1.27. The number of hydrogen-bond donors (Lipinski definition) is 2. The molecule has 2 unspecified atom stereocenters. The fraction of sp³-hybridized carbons (Fsp3) is 1.00. The summed E-state index contributed by atoms with van der Waals surface area (Å²) >= 11 is 0. The molecule has 4 aliphatic carbocycles. The van der Waals surface area contributed by atoms with Crippen LogP contribution in [0.15, 0.2) is 0 Å². The second-order valence-corrected chi connectivity index (χ2v) is 5.61. The molecule has 4 saturated carbocycles. The largest absolute Gasteiger partial charge is 0.390 e. The van der Waals surface area contributed by atoms with Crippen molar-refractivity contribution >= 4 is 0 Å². The summed E-state index contributed by atoms with van der Waals surface area (Å²) in [5.41, 5.74) is -3.07. The van der Waals surface area contributed by atoms with E-state index in [9.17, 15) is 14.6 Å². The minimum Gasteiger partial charge on any atom is -0.390 e. The van der Waals surface area contributed by atoms with Crippen molar-refractivity contribution in [1.82, 2.24) is 0 Å². The Balaban J connectivity index is 2.03. The Kier molecular flexibility index (Phi) is 1.22. The third kappa shape index (κ3) is 1.07. The first-order valence-electron chi connectivity index (χ1n) is 5.04. The number of rotatable bonds is 0. The number of halogens is 1. The van der Waals surface area contributed by atoms with E-state index in [4.69, 9.17) is 0 Å². The predicted molar refractivity (Wildman–Crippen MR) is 44.9 cm³/mol. The molecule has 0 spiro atoms. The van der Waals surface area contributed by atoms with E-state index in [0.29, 0.717) is 25.7 Å². The molecule has 74 valence electrons. The van der Waals surface area contributed by atoms with Crippen molar-refractivity contribution in [2.75, 3.05) is 0 Å². The Morgan fingerprint density at radius 2 is 1.46 bits per heavy atom. The van der Waals surface area contributed by atoms with Gasteiger partial charge in [0.15, 0.2) is 0 Å². The summed E-state index contributed by atoms with van der Waals surface area (Å²) < 4.78 is 14.1. The highest BCUT2D eigenvalue weighted by Crippen LogP contribution is 2.60. The molecule has 0 aromatic rings. The Hall–Kier alpha value is -0.150. The molecule has 4 aliphatic rings. The van der Waals surface area contributed by atoms with Gasteiger partial charge in [-0.3, -0.25) is 0 Å². The molecule has 0 aromatic carbocycles. The molecular weight excluding hydrogens is 171 g/mol. The molecule has 2 atom stereocenters. The van der Waals surface area contributed by atoms with Crippen LogP contribution < -0.4 is 0 Å². The maximum atomic E-state index is 14.1. The van der Waals surface area contributed by atoms with E-state index in [2.05, 4.69) is 0 Å². The van der Waals surface area contributed by atoms with Crippen LogP contribution in [0, 0.1) is 5.92 Å². The van der Waals surface area contributed by atoms with Crippen LogP contribution in [-0.4, -0.2) is 27.1 Å². The highest BCUT2D eigenvalue weighted by molar-refractivity contribution is 5.15. The van der Waals surface area contributed by atoms with E-state index in [0.717, 1.165) is 0 Å². The van der Waals surface area contributed by atoms with Crippen LogP contribution in [0.1, 0.15) is 38.5 Å². The monoisotopic (exact) mass is 186 g/mol. The summed E-state index contributed by atoms with van der Waals surface area (Å²) in [4.78, 5) is 0. The first-order chi connectivity index (χ1) is 5.91. The van der Waals surface area contributed by atoms with Crippen LogP contribution in [-0.2, 0) is 0 Å². The van der Waals surface area contributed by atoms with Crippen LogP contribution in [0.2, 0.25) is 0 Å². The summed E-state index contributed by atoms with van der Waals surface area (Å²) in [6, 6.07) is 0. The molecule has 0 radical (unpaired) electrons. The lowest BCUT2D eigenvalue weighted by atomic mass is 9.51. The van der Waals surface area contributed by atoms with Crippen molar-refractivity contribution in [3.63, 3.8) is 0 Å². The van der Waals surface area contributed by atoms with E-state index < -0.39 is 16.9 Å². The molecule has 3 heteroatoms. The van der Waals surface area contributed by atoms with Crippen molar-refractivity contribution in [1.29, 1.82) is 0 Å². The Bertz CT molecular complexity index is 215. The second-order valence-electron chi connectivity index (χ2n) is 5.61. The molecule has 4 bridgehead atoms. The van der Waals surface area contributed by atoms with Crippen LogP contribution in [0.25, 0.3) is 0 Å². The third-order valence-electron chi connectivity index (χ3n) is 3.94. The molecule has 0 aromatic heterocycles. The minimum absolute atomic E-state index is 0.205. The van der Waals surface area contributed by atoms with E-state index in [1.54, 1.807) is 0 Å². The number of hydrogen-bond acceptors (Lipinski definition) is 2. The molecule has 0 amide bonds. The lowest BCUT2D eigenvalue weighted by molar-refractivity contribution is -0.232. The Morgan fingerprint density at radius 3 is 1.85 bits per heavy atom. The number of alkyl halides is 1. The van der Waals surface area contributed by atoms with Crippen molar-refractivity contribution < 1.29 is 14.6 Å². The van der Waals surface area contributed by atoms with Gasteiger partial charge in [0.2, 0.25) is 0 Å². The molecule has 0 heterocycles. The van der Waals surface area contributed by atoms with Gasteiger partial charge in [-0.05, 0) is 25.2 Å². The Labute approximate surface area is 76.8 Å². The topological polar surface area (TPSA) is 40.5 Å². The van der Waals surface area contributed by atoms with Crippen LogP contribution in [0.5, 0.6) is 0 Å². The van der Waals surface area contributed by atoms with Crippen LogP contribution in [0.4, 0.5) is 4.39 Å². The van der Waals surface area contributed by atoms with Gasteiger partial charge in [0.05, 0.1) is 11.2 Å². The average Bonchev–Trinajstić information content (AvgIpc) is 1.71. The van der Waals surface area contributed by atoms with E-state index in [1.165, 1.54) is 0 Å². The van der Waals surface area contributed by atoms with Gasteiger partial charge in [-0.25, -0.2) is 4.39 Å². The SMILES string of the molecule is OC12CC3CC(O)(C1)CC(F)(C3)C2. The standard InChI is InChI=1S/C10H15FO2/c11-8-1-7-2-9(12,4-8)6-10(13,3-7)5-8/h7,12-13H,1-6H2. The molecule has 2 N–H and O–H groups in total. The van der Waals surface area contributed by atoms with Gasteiger partial charge in [-0.1, -0.05) is 0 Å². The van der Waals surface area contributed by atoms with E-state index in [-0.39, 0.29) is 18.8 Å². The maximum absolute atomic E-state index is 14.1. The molecular formula is C10H15FO2. The van der Waals surface area contributed by atoms with Crippen molar-refractivity contribution in [2.24, 2.45) is 5.92 Å². The smallest absolute Gasteiger partial charge is 0.116 e. The predicted octanol–water partition coefficient (Wildman–Crippen LogP) is 1.15. The summed E-state index contributed by atoms with van der Waals surface area (Å²) in [5.74, 6) is 0.205. The average molecular weight is 186 g/mol. The van der Waals surface area contributed by atoms with Gasteiger partial charge >= 0.3 is 0 Å². The highest BCUT2D eigenvalue weighted by atomic mass is 19.1. The lowest BCUT2D eigenvalue weighted by Crippen LogP contribution is -2.64. The molecule has 4 rings (SSSR count). The van der Waals surface area contributed by atoms with Gasteiger partial charge in [-0.2, -0.15) is 0 Å². The summed E-state index contributed by atoms with van der Waals surface area (Å²) in [7, 11) is 0. The lowest BCUT2D eigenvalue weighted by Gasteiger charge is -2.60. The summed E-state index contributed by atoms with van der Waals surface area (Å²) in [6.07, 6.45) is 2.83. The quantitative estimate of drug-likeness (QED) is 0.596. The zero-order valence-electron chi connectivity index (χ0n) is 7.59. The first-order valence-corrected chi connectivity index (χ1v) is 5.04. The second kappa shape index (κ2) is 1.94. The molecule has 0 saturated heterocycles. The molecule has 0 aliphatic heterocycles. The van der Waals surface area contributed by atoms with Gasteiger partial charge in [-0.15, -0.1) is 0 Å². The van der Waals surface area contributed by atoms with E-state index >= 15 is 0 Å². The Morgan fingerprint density at radius 1 is 0.923 bits per heavy atom. The fourth-order valence-electron chi connectivity index (χ4n) is 4.22. The van der Waals surface area contributed by atoms with Crippen molar-refractivity contribution in [3.05, 3.63) is 0 Å². The highest BCUT2D eigenvalue weighted by Gasteiger charge is 2.63. The molecule has 2 nitrogen and oxygen atoms in total. The van der Waals surface area contributed by atoms with Gasteiger partial charge in [0.1, 0.15) is 5.67 Å².